The number of aryl methyl sites for hydroxylation is 1. The summed E-state index contributed by atoms with van der Waals surface area (Å²) in [5, 5.41) is 26.3. The van der Waals surface area contributed by atoms with E-state index in [0.29, 0.717) is 22.4 Å². The Morgan fingerprint density at radius 3 is 2.21 bits per heavy atom. The second-order valence-corrected chi connectivity index (χ2v) is 10.5. The van der Waals surface area contributed by atoms with E-state index in [0.717, 1.165) is 10.4 Å². The number of carbonyl (C=O) groups excluding carboxylic acids is 1. The molecule has 6 nitrogen and oxygen atoms in total. The maximum Gasteiger partial charge on any atom is 0.335 e. The molecule has 0 saturated carbocycles. The topological polar surface area (TPSA) is 99.0 Å². The Morgan fingerprint density at radius 1 is 1.03 bits per heavy atom. The number of rotatable bonds is 6. The number of nitrogens with one attached hydrogen (secondary N) is 1. The zero-order chi connectivity index (χ0) is 25.2. The molecule has 0 saturated heterocycles. The molecule has 0 bridgehead atoms. The fraction of sp³-hybridized carbons (Fsp3) is 0.296. The van der Waals surface area contributed by atoms with Crippen molar-refractivity contribution in [2.24, 2.45) is 11.0 Å². The maximum absolute atomic E-state index is 12.6. The molecule has 0 aliphatic rings. The van der Waals surface area contributed by atoms with Crippen molar-refractivity contribution in [3.63, 3.8) is 0 Å². The Morgan fingerprint density at radius 2 is 1.68 bits per heavy atom. The zero-order valence-electron chi connectivity index (χ0n) is 20.3. The van der Waals surface area contributed by atoms with E-state index in [2.05, 4.69) is 43.4 Å². The third-order valence-corrected chi connectivity index (χ3v) is 6.62. The predicted octanol–water partition coefficient (Wildman–Crippen LogP) is 6.21. The summed E-state index contributed by atoms with van der Waals surface area (Å²) in [4.78, 5) is 24.6. The lowest BCUT2D eigenvalue weighted by molar-refractivity contribution is 0.0695. The fourth-order valence-corrected chi connectivity index (χ4v) is 4.54. The molecule has 7 heteroatoms. The van der Waals surface area contributed by atoms with Crippen molar-refractivity contribution < 1.29 is 19.8 Å². The first-order valence-electron chi connectivity index (χ1n) is 11.0. The molecule has 0 spiro atoms. The van der Waals surface area contributed by atoms with Crippen LogP contribution in [0.1, 0.15) is 72.0 Å². The van der Waals surface area contributed by atoms with Crippen LogP contribution in [0.2, 0.25) is 0 Å². The number of amides is 1. The molecule has 1 heterocycles. The number of hydrazone groups is 1. The Labute approximate surface area is 204 Å². The Balaban J connectivity index is 1.87. The molecule has 0 radical (unpaired) electrons. The standard InChI is InChI=1S/C27H30N2O4S/c1-15(2)22(28-29-25(31)18-9-12-20(26(32)33)16(3)13-18)21-14-34-24(23(21)30)17-7-10-19(11-8-17)27(4,5)6/h7-15,30H,1-6H3,(H,29,31)(H,32,33)/b28-22-. The monoisotopic (exact) mass is 478 g/mol. The fourth-order valence-electron chi connectivity index (χ4n) is 3.58. The van der Waals surface area contributed by atoms with E-state index in [-0.39, 0.29) is 22.6 Å². The molecule has 2 aromatic carbocycles. The second-order valence-electron chi connectivity index (χ2n) is 9.58. The van der Waals surface area contributed by atoms with Crippen molar-refractivity contribution in [1.82, 2.24) is 5.43 Å². The van der Waals surface area contributed by atoms with Crippen LogP contribution in [0.15, 0.2) is 52.9 Å². The average molecular weight is 479 g/mol. The number of carboxylic acids is 1. The number of thiophene rings is 1. The van der Waals surface area contributed by atoms with Crippen LogP contribution < -0.4 is 5.43 Å². The van der Waals surface area contributed by atoms with E-state index in [4.69, 9.17) is 0 Å². The average Bonchev–Trinajstić information content (AvgIpc) is 3.13. The lowest BCUT2D eigenvalue weighted by Crippen LogP contribution is -2.22. The number of carbonyl (C=O) groups is 2. The van der Waals surface area contributed by atoms with Crippen molar-refractivity contribution >= 4 is 28.9 Å². The van der Waals surface area contributed by atoms with E-state index >= 15 is 0 Å². The summed E-state index contributed by atoms with van der Waals surface area (Å²) in [6, 6.07) is 12.5. The van der Waals surface area contributed by atoms with Crippen molar-refractivity contribution in [3.8, 4) is 16.2 Å². The molecule has 1 aromatic heterocycles. The van der Waals surface area contributed by atoms with Crippen LogP contribution >= 0.6 is 11.3 Å². The predicted molar refractivity (Wildman–Crippen MR) is 137 cm³/mol. The van der Waals surface area contributed by atoms with Crippen LogP contribution in [-0.4, -0.2) is 27.8 Å². The summed E-state index contributed by atoms with van der Waals surface area (Å²) in [5.41, 5.74) is 6.81. The van der Waals surface area contributed by atoms with Gasteiger partial charge in [-0.2, -0.15) is 5.10 Å². The SMILES string of the molecule is Cc1cc(C(=O)N/N=C(\c2csc(-c3ccc(C(C)(C)C)cc3)c2O)C(C)C)ccc1C(=O)O. The summed E-state index contributed by atoms with van der Waals surface area (Å²) in [5.74, 6) is -1.42. The molecule has 178 valence electrons. The number of hydrogen-bond acceptors (Lipinski definition) is 5. The molecule has 3 N–H and O–H groups in total. The van der Waals surface area contributed by atoms with Gasteiger partial charge < -0.3 is 10.2 Å². The molecule has 0 fully saturated rings. The quantitative estimate of drug-likeness (QED) is 0.289. The molecular weight excluding hydrogens is 448 g/mol. The van der Waals surface area contributed by atoms with Crippen LogP contribution in [0.3, 0.4) is 0 Å². The van der Waals surface area contributed by atoms with Crippen molar-refractivity contribution in [1.29, 1.82) is 0 Å². The largest absolute Gasteiger partial charge is 0.506 e. The zero-order valence-corrected chi connectivity index (χ0v) is 21.1. The van der Waals surface area contributed by atoms with Gasteiger partial charge in [0.15, 0.2) is 0 Å². The number of aromatic carboxylic acids is 1. The van der Waals surface area contributed by atoms with Gasteiger partial charge >= 0.3 is 5.97 Å². The van der Waals surface area contributed by atoms with E-state index in [9.17, 15) is 19.8 Å². The Bertz CT molecular complexity index is 1250. The summed E-state index contributed by atoms with van der Waals surface area (Å²) in [6.07, 6.45) is 0. The van der Waals surface area contributed by atoms with Gasteiger partial charge in [-0.15, -0.1) is 11.3 Å². The highest BCUT2D eigenvalue weighted by atomic mass is 32.1. The minimum absolute atomic E-state index is 0.0450. The number of nitrogens with zero attached hydrogens (tertiary/aromatic N) is 1. The van der Waals surface area contributed by atoms with Crippen LogP contribution in [0.4, 0.5) is 0 Å². The highest BCUT2D eigenvalue weighted by Crippen LogP contribution is 2.40. The van der Waals surface area contributed by atoms with Crippen LogP contribution in [-0.2, 0) is 5.41 Å². The van der Waals surface area contributed by atoms with E-state index in [1.54, 1.807) is 6.92 Å². The number of carboxylic acid groups (broad SMARTS) is 1. The van der Waals surface area contributed by atoms with Gasteiger partial charge in [-0.05, 0) is 53.1 Å². The minimum atomic E-state index is -1.04. The van der Waals surface area contributed by atoms with Crippen LogP contribution in [0.5, 0.6) is 5.75 Å². The van der Waals surface area contributed by atoms with Crippen LogP contribution in [0.25, 0.3) is 10.4 Å². The second kappa shape index (κ2) is 9.81. The normalized spacial score (nSPS) is 12.1. The summed E-state index contributed by atoms with van der Waals surface area (Å²) >= 11 is 1.43. The lowest BCUT2D eigenvalue weighted by Gasteiger charge is -2.19. The first kappa shape index (κ1) is 25.2. The van der Waals surface area contributed by atoms with Gasteiger partial charge in [-0.3, -0.25) is 4.79 Å². The molecule has 0 aliphatic carbocycles. The van der Waals surface area contributed by atoms with E-state index < -0.39 is 11.9 Å². The molecule has 0 aliphatic heterocycles. The molecule has 1 amide bonds. The van der Waals surface area contributed by atoms with Gasteiger partial charge in [0.1, 0.15) is 5.75 Å². The first-order valence-corrected chi connectivity index (χ1v) is 11.9. The number of aromatic hydroxyl groups is 1. The molecular formula is C27H30N2O4S. The Hall–Kier alpha value is -3.45. The minimum Gasteiger partial charge on any atom is -0.506 e. The molecule has 34 heavy (non-hydrogen) atoms. The number of hydrogen-bond donors (Lipinski definition) is 3. The lowest BCUT2D eigenvalue weighted by atomic mass is 9.86. The van der Waals surface area contributed by atoms with Gasteiger partial charge in [0.2, 0.25) is 0 Å². The summed E-state index contributed by atoms with van der Waals surface area (Å²) in [6.45, 7) is 12.0. The van der Waals surface area contributed by atoms with Gasteiger partial charge in [0.05, 0.1) is 21.7 Å². The third kappa shape index (κ3) is 5.37. The molecule has 3 rings (SSSR count). The smallest absolute Gasteiger partial charge is 0.335 e. The van der Waals surface area contributed by atoms with Crippen molar-refractivity contribution in [2.45, 2.75) is 47.0 Å². The first-order chi connectivity index (χ1) is 15.9. The highest BCUT2D eigenvalue weighted by Gasteiger charge is 2.21. The van der Waals surface area contributed by atoms with Gasteiger partial charge in [0.25, 0.3) is 5.91 Å². The summed E-state index contributed by atoms with van der Waals surface area (Å²) < 4.78 is 0. The van der Waals surface area contributed by atoms with Gasteiger partial charge in [0, 0.05) is 10.9 Å². The molecule has 0 atom stereocenters. The van der Waals surface area contributed by atoms with E-state index in [1.807, 2.05) is 31.4 Å². The van der Waals surface area contributed by atoms with Gasteiger partial charge in [-0.1, -0.05) is 58.9 Å². The van der Waals surface area contributed by atoms with Crippen molar-refractivity contribution in [2.75, 3.05) is 0 Å². The van der Waals surface area contributed by atoms with Crippen LogP contribution in [0, 0.1) is 12.8 Å². The highest BCUT2D eigenvalue weighted by molar-refractivity contribution is 7.14. The van der Waals surface area contributed by atoms with Gasteiger partial charge in [-0.25, -0.2) is 10.2 Å². The Kier molecular flexibility index (Phi) is 7.26. The molecule has 0 unspecified atom stereocenters. The maximum atomic E-state index is 12.6. The van der Waals surface area contributed by atoms with Crippen molar-refractivity contribution in [3.05, 3.63) is 75.7 Å². The summed E-state index contributed by atoms with van der Waals surface area (Å²) in [7, 11) is 0. The molecule has 3 aromatic rings. The van der Waals surface area contributed by atoms with E-state index in [1.165, 1.54) is 35.1 Å². The third-order valence-electron chi connectivity index (χ3n) is 5.60. The number of benzene rings is 2.